The van der Waals surface area contributed by atoms with Gasteiger partial charge < -0.3 is 15.2 Å². The third-order valence-corrected chi connectivity index (χ3v) is 3.25. The first kappa shape index (κ1) is 17.9. The van der Waals surface area contributed by atoms with Gasteiger partial charge in [-0.3, -0.25) is 9.59 Å². The fraction of sp³-hybridized carbons (Fsp3) is 0.118. The Morgan fingerprint density at radius 3 is 2.56 bits per heavy atom. The van der Waals surface area contributed by atoms with Gasteiger partial charge in [0.15, 0.2) is 11.5 Å². The van der Waals surface area contributed by atoms with Crippen LogP contribution in [0.15, 0.2) is 47.6 Å². The van der Waals surface area contributed by atoms with Crippen molar-refractivity contribution in [3.05, 3.63) is 53.8 Å². The lowest BCUT2D eigenvalue weighted by atomic mass is 10.1. The monoisotopic (exact) mass is 345 g/mol. The van der Waals surface area contributed by atoms with E-state index in [9.17, 15) is 19.1 Å². The molecular formula is C17H16FN3O4. The molecule has 0 aliphatic heterocycles. The summed E-state index contributed by atoms with van der Waals surface area (Å²) in [4.78, 5) is 23.5. The molecule has 0 saturated carbocycles. The highest BCUT2D eigenvalue weighted by atomic mass is 19.1. The van der Waals surface area contributed by atoms with E-state index in [1.165, 1.54) is 37.4 Å². The minimum absolute atomic E-state index is 0.0349. The molecule has 2 aromatic rings. The van der Waals surface area contributed by atoms with Gasteiger partial charge in [-0.15, -0.1) is 0 Å². The highest BCUT2D eigenvalue weighted by molar-refractivity contribution is 6.39. The molecule has 0 bridgehead atoms. The maximum absolute atomic E-state index is 13.4. The van der Waals surface area contributed by atoms with Crippen LogP contribution in [-0.4, -0.2) is 29.7 Å². The normalized spacial score (nSPS) is 10.9. The predicted octanol–water partition coefficient (Wildman–Crippen LogP) is 2.02. The highest BCUT2D eigenvalue weighted by Gasteiger charge is 2.15. The quantitative estimate of drug-likeness (QED) is 0.448. The van der Waals surface area contributed by atoms with E-state index in [4.69, 9.17) is 4.74 Å². The largest absolute Gasteiger partial charge is 0.504 e. The molecule has 25 heavy (non-hydrogen) atoms. The maximum Gasteiger partial charge on any atom is 0.329 e. The molecule has 130 valence electrons. The number of nitrogens with zero attached hydrogens (tertiary/aromatic N) is 1. The smallest absolute Gasteiger partial charge is 0.329 e. The molecule has 0 aliphatic carbocycles. The van der Waals surface area contributed by atoms with Gasteiger partial charge in [0.05, 0.1) is 18.5 Å². The van der Waals surface area contributed by atoms with Gasteiger partial charge >= 0.3 is 11.8 Å². The molecule has 0 atom stereocenters. The van der Waals surface area contributed by atoms with Crippen molar-refractivity contribution in [2.45, 2.75) is 6.92 Å². The van der Waals surface area contributed by atoms with Crippen LogP contribution in [0.2, 0.25) is 0 Å². The minimum Gasteiger partial charge on any atom is -0.504 e. The summed E-state index contributed by atoms with van der Waals surface area (Å²) in [5, 5.41) is 15.5. The van der Waals surface area contributed by atoms with Crippen LogP contribution < -0.4 is 15.5 Å². The van der Waals surface area contributed by atoms with E-state index in [-0.39, 0.29) is 17.2 Å². The number of rotatable bonds is 4. The van der Waals surface area contributed by atoms with E-state index in [1.807, 2.05) is 0 Å². The summed E-state index contributed by atoms with van der Waals surface area (Å²) in [5.74, 6) is -2.54. The van der Waals surface area contributed by atoms with Crippen molar-refractivity contribution < 1.29 is 23.8 Å². The minimum atomic E-state index is -1.05. The number of anilines is 1. The lowest BCUT2D eigenvalue weighted by Gasteiger charge is -2.07. The number of carbonyl (C=O) groups excluding carboxylic acids is 2. The summed E-state index contributed by atoms with van der Waals surface area (Å²) in [7, 11) is 1.40. The van der Waals surface area contributed by atoms with Gasteiger partial charge in [-0.25, -0.2) is 9.82 Å². The number of hydrazone groups is 1. The second kappa shape index (κ2) is 7.91. The Balaban J connectivity index is 2.03. The topological polar surface area (TPSA) is 100 Å². The average Bonchev–Trinajstić information content (AvgIpc) is 2.61. The molecule has 0 saturated heterocycles. The molecule has 8 heteroatoms. The Hall–Kier alpha value is -3.42. The molecule has 0 radical (unpaired) electrons. The number of phenolic OH excluding ortho intramolecular Hbond substituents is 1. The molecule has 0 heterocycles. The van der Waals surface area contributed by atoms with Crippen LogP contribution in [-0.2, 0) is 9.59 Å². The molecular weight excluding hydrogens is 329 g/mol. The zero-order valence-electron chi connectivity index (χ0n) is 13.5. The first-order valence-corrected chi connectivity index (χ1v) is 7.20. The maximum atomic E-state index is 13.4. The standard InChI is InChI=1S/C17H16FN3O4/c1-10(11-7-8-14(22)15(9-11)25-2)20-21-17(24)16(23)19-13-6-4-3-5-12(13)18/h3-9,22H,1-2H3,(H,19,23)(H,21,24). The molecule has 3 N–H and O–H groups in total. The predicted molar refractivity (Wildman–Crippen MR) is 90.0 cm³/mol. The van der Waals surface area contributed by atoms with Gasteiger partial charge in [-0.2, -0.15) is 5.10 Å². The summed E-state index contributed by atoms with van der Waals surface area (Å²) in [5.41, 5.74) is 2.93. The molecule has 2 rings (SSSR count). The van der Waals surface area contributed by atoms with Crippen LogP contribution >= 0.6 is 0 Å². The van der Waals surface area contributed by atoms with E-state index >= 15 is 0 Å². The third kappa shape index (κ3) is 4.54. The molecule has 0 fully saturated rings. The number of ether oxygens (including phenoxy) is 1. The molecule has 0 spiro atoms. The Bertz CT molecular complexity index is 836. The Kier molecular flexibility index (Phi) is 5.67. The number of benzene rings is 2. The van der Waals surface area contributed by atoms with Crippen molar-refractivity contribution in [1.82, 2.24) is 5.43 Å². The zero-order chi connectivity index (χ0) is 18.4. The van der Waals surface area contributed by atoms with E-state index in [1.54, 1.807) is 13.0 Å². The molecule has 2 amide bonds. The summed E-state index contributed by atoms with van der Waals surface area (Å²) in [6.07, 6.45) is 0. The van der Waals surface area contributed by atoms with Crippen molar-refractivity contribution in [2.24, 2.45) is 5.10 Å². The van der Waals surface area contributed by atoms with Crippen LogP contribution in [0.25, 0.3) is 0 Å². The number of methoxy groups -OCH3 is 1. The summed E-state index contributed by atoms with van der Waals surface area (Å²) >= 11 is 0. The molecule has 0 unspecified atom stereocenters. The van der Waals surface area contributed by atoms with Gasteiger partial charge in [0, 0.05) is 5.56 Å². The fourth-order valence-electron chi connectivity index (χ4n) is 1.89. The van der Waals surface area contributed by atoms with Gasteiger partial charge in [0.25, 0.3) is 0 Å². The number of phenols is 1. The summed E-state index contributed by atoms with van der Waals surface area (Å²) in [6.45, 7) is 1.60. The average molecular weight is 345 g/mol. The number of halogens is 1. The molecule has 0 aliphatic rings. The third-order valence-electron chi connectivity index (χ3n) is 3.25. The second-order valence-corrected chi connectivity index (χ2v) is 4.96. The summed E-state index contributed by atoms with van der Waals surface area (Å²) in [6, 6.07) is 10.00. The Labute approximate surface area is 143 Å². The van der Waals surface area contributed by atoms with Crippen LogP contribution in [0.1, 0.15) is 12.5 Å². The number of carbonyl (C=O) groups is 2. The lowest BCUT2D eigenvalue weighted by molar-refractivity contribution is -0.136. The zero-order valence-corrected chi connectivity index (χ0v) is 13.5. The van der Waals surface area contributed by atoms with Gasteiger partial charge in [0.2, 0.25) is 0 Å². The van der Waals surface area contributed by atoms with Gasteiger partial charge in [0.1, 0.15) is 5.82 Å². The number of nitrogens with one attached hydrogen (secondary N) is 2. The van der Waals surface area contributed by atoms with Crippen LogP contribution in [0.4, 0.5) is 10.1 Å². The van der Waals surface area contributed by atoms with E-state index in [0.29, 0.717) is 11.3 Å². The van der Waals surface area contributed by atoms with Gasteiger partial charge in [-0.05, 0) is 37.3 Å². The summed E-state index contributed by atoms with van der Waals surface area (Å²) < 4.78 is 18.4. The van der Waals surface area contributed by atoms with Crippen molar-refractivity contribution >= 4 is 23.2 Å². The number of amides is 2. The van der Waals surface area contributed by atoms with Crippen molar-refractivity contribution in [3.63, 3.8) is 0 Å². The fourth-order valence-corrected chi connectivity index (χ4v) is 1.89. The first-order valence-electron chi connectivity index (χ1n) is 7.20. The van der Waals surface area contributed by atoms with Crippen molar-refractivity contribution in [1.29, 1.82) is 0 Å². The van der Waals surface area contributed by atoms with Crippen LogP contribution in [0.5, 0.6) is 11.5 Å². The van der Waals surface area contributed by atoms with E-state index in [0.717, 1.165) is 6.07 Å². The van der Waals surface area contributed by atoms with Gasteiger partial charge in [-0.1, -0.05) is 12.1 Å². The van der Waals surface area contributed by atoms with Crippen molar-refractivity contribution in [2.75, 3.05) is 12.4 Å². The number of aromatic hydroxyl groups is 1. The number of para-hydroxylation sites is 1. The SMILES string of the molecule is COc1cc(C(C)=NNC(=O)C(=O)Nc2ccccc2F)ccc1O. The molecule has 7 nitrogen and oxygen atoms in total. The number of hydrogen-bond donors (Lipinski definition) is 3. The first-order chi connectivity index (χ1) is 11.9. The van der Waals surface area contributed by atoms with E-state index in [2.05, 4.69) is 15.8 Å². The Morgan fingerprint density at radius 1 is 1.16 bits per heavy atom. The Morgan fingerprint density at radius 2 is 1.88 bits per heavy atom. The van der Waals surface area contributed by atoms with Crippen LogP contribution in [0.3, 0.4) is 0 Å². The van der Waals surface area contributed by atoms with Crippen molar-refractivity contribution in [3.8, 4) is 11.5 Å². The molecule has 0 aromatic heterocycles. The molecule has 2 aromatic carbocycles. The lowest BCUT2D eigenvalue weighted by Crippen LogP contribution is -2.33. The highest BCUT2D eigenvalue weighted by Crippen LogP contribution is 2.26. The number of hydrogen-bond acceptors (Lipinski definition) is 5. The second-order valence-electron chi connectivity index (χ2n) is 4.96. The van der Waals surface area contributed by atoms with Crippen LogP contribution in [0, 0.1) is 5.82 Å². The van der Waals surface area contributed by atoms with E-state index < -0.39 is 17.6 Å².